The zero-order valence-electron chi connectivity index (χ0n) is 12.2. The molecular weight excluding hydrogens is 248 g/mol. The van der Waals surface area contributed by atoms with Crippen LogP contribution in [0, 0.1) is 5.92 Å². The summed E-state index contributed by atoms with van der Waals surface area (Å²) in [5, 5.41) is 10.5. The summed E-state index contributed by atoms with van der Waals surface area (Å²) in [6.07, 6.45) is 2.71. The number of aliphatic hydroxyl groups is 1. The number of aryl methyl sites for hydroxylation is 1. The van der Waals surface area contributed by atoms with Crippen molar-refractivity contribution in [2.45, 2.75) is 45.1 Å². The monoisotopic (exact) mass is 270 g/mol. The van der Waals surface area contributed by atoms with Gasteiger partial charge in [0.15, 0.2) is 0 Å². The van der Waals surface area contributed by atoms with Crippen molar-refractivity contribution in [1.29, 1.82) is 0 Å². The smallest absolute Gasteiger partial charge is 0.137 e. The number of aliphatic hydroxyl groups excluding tert-OH is 1. The summed E-state index contributed by atoms with van der Waals surface area (Å²) in [5.74, 6) is 2.96. The summed E-state index contributed by atoms with van der Waals surface area (Å²) < 4.78 is 5.84. The number of furan rings is 1. The fourth-order valence-electron chi connectivity index (χ4n) is 2.80. The second kappa shape index (κ2) is 5.45. The highest BCUT2D eigenvalue weighted by Crippen LogP contribution is 2.47. The van der Waals surface area contributed by atoms with Gasteiger partial charge in [-0.3, -0.25) is 0 Å². The third kappa shape index (κ3) is 2.66. The van der Waals surface area contributed by atoms with Crippen molar-refractivity contribution in [3.8, 4) is 0 Å². The van der Waals surface area contributed by atoms with Gasteiger partial charge in [-0.15, -0.1) is 0 Å². The number of hydrogen-bond acceptors (Lipinski definition) is 2. The Morgan fingerprint density at radius 1 is 1.30 bits per heavy atom. The summed E-state index contributed by atoms with van der Waals surface area (Å²) >= 11 is 0. The second-order valence-electron chi connectivity index (χ2n) is 5.96. The van der Waals surface area contributed by atoms with Crippen LogP contribution in [-0.2, 0) is 6.42 Å². The van der Waals surface area contributed by atoms with E-state index in [9.17, 15) is 5.11 Å². The zero-order valence-corrected chi connectivity index (χ0v) is 12.2. The molecule has 0 amide bonds. The molecule has 0 spiro atoms. The van der Waals surface area contributed by atoms with Gasteiger partial charge in [0.05, 0.1) is 0 Å². The Bertz CT molecular complexity index is 585. The molecule has 0 saturated heterocycles. The molecule has 1 aromatic heterocycles. The van der Waals surface area contributed by atoms with Crippen LogP contribution in [0.2, 0.25) is 0 Å². The average Bonchev–Trinajstić information content (AvgIpc) is 3.00. The lowest BCUT2D eigenvalue weighted by Gasteiger charge is -2.10. The molecule has 1 aliphatic carbocycles. The molecule has 3 rings (SSSR count). The Morgan fingerprint density at radius 2 is 2.10 bits per heavy atom. The summed E-state index contributed by atoms with van der Waals surface area (Å²) in [6, 6.07) is 12.1. The Labute approximate surface area is 120 Å². The largest absolute Gasteiger partial charge is 0.463 e. The Morgan fingerprint density at radius 3 is 2.80 bits per heavy atom. The molecule has 2 aromatic rings. The molecule has 1 aromatic carbocycles. The molecule has 0 aliphatic heterocycles. The fraction of sp³-hybridized carbons (Fsp3) is 0.444. The van der Waals surface area contributed by atoms with Crippen molar-refractivity contribution < 1.29 is 9.52 Å². The van der Waals surface area contributed by atoms with Crippen LogP contribution in [0.15, 0.2) is 40.8 Å². The van der Waals surface area contributed by atoms with Crippen LogP contribution in [0.25, 0.3) is 0 Å². The summed E-state index contributed by atoms with van der Waals surface area (Å²) in [6.45, 7) is 4.40. The molecule has 3 unspecified atom stereocenters. The van der Waals surface area contributed by atoms with Crippen LogP contribution in [0.5, 0.6) is 0 Å². The van der Waals surface area contributed by atoms with E-state index in [1.54, 1.807) is 0 Å². The van der Waals surface area contributed by atoms with Crippen molar-refractivity contribution >= 4 is 0 Å². The predicted molar refractivity (Wildman–Crippen MR) is 79.7 cm³/mol. The number of rotatable bonds is 5. The minimum atomic E-state index is -0.658. The summed E-state index contributed by atoms with van der Waals surface area (Å²) in [4.78, 5) is 0. The molecule has 2 heteroatoms. The lowest BCUT2D eigenvalue weighted by atomic mass is 10.0. The Kier molecular flexibility index (Phi) is 3.66. The maximum atomic E-state index is 10.5. The van der Waals surface area contributed by atoms with Crippen LogP contribution >= 0.6 is 0 Å². The average molecular weight is 270 g/mol. The van der Waals surface area contributed by atoms with Gasteiger partial charge in [0.1, 0.15) is 17.6 Å². The van der Waals surface area contributed by atoms with Gasteiger partial charge >= 0.3 is 0 Å². The van der Waals surface area contributed by atoms with E-state index < -0.39 is 6.10 Å². The van der Waals surface area contributed by atoms with Crippen LogP contribution in [-0.4, -0.2) is 5.11 Å². The minimum absolute atomic E-state index is 0.558. The summed E-state index contributed by atoms with van der Waals surface area (Å²) in [5.41, 5.74) is 2.19. The number of benzene rings is 1. The zero-order chi connectivity index (χ0) is 14.1. The maximum Gasteiger partial charge on any atom is 0.137 e. The predicted octanol–water partition coefficient (Wildman–Crippen LogP) is 4.44. The summed E-state index contributed by atoms with van der Waals surface area (Å²) in [7, 11) is 0. The molecule has 2 nitrogen and oxygen atoms in total. The van der Waals surface area contributed by atoms with Gasteiger partial charge in [0.25, 0.3) is 0 Å². The van der Waals surface area contributed by atoms with Gasteiger partial charge in [-0.25, -0.2) is 0 Å². The van der Waals surface area contributed by atoms with E-state index in [2.05, 4.69) is 26.0 Å². The van der Waals surface area contributed by atoms with E-state index >= 15 is 0 Å². The van der Waals surface area contributed by atoms with Crippen LogP contribution in [0.1, 0.15) is 61.4 Å². The van der Waals surface area contributed by atoms with Crippen molar-refractivity contribution in [3.63, 3.8) is 0 Å². The molecule has 20 heavy (non-hydrogen) atoms. The van der Waals surface area contributed by atoms with Crippen LogP contribution < -0.4 is 0 Å². The molecule has 3 atom stereocenters. The SMILES string of the molecule is CCCc1cccc(C(O)c2ccc(C3CC3C)o2)c1. The first-order valence-corrected chi connectivity index (χ1v) is 7.55. The van der Waals surface area contributed by atoms with E-state index in [-0.39, 0.29) is 0 Å². The van der Waals surface area contributed by atoms with Crippen molar-refractivity contribution in [1.82, 2.24) is 0 Å². The van der Waals surface area contributed by atoms with Crippen molar-refractivity contribution in [2.75, 3.05) is 0 Å². The van der Waals surface area contributed by atoms with E-state index in [1.165, 1.54) is 12.0 Å². The first-order valence-electron chi connectivity index (χ1n) is 7.55. The fourth-order valence-corrected chi connectivity index (χ4v) is 2.80. The quantitative estimate of drug-likeness (QED) is 0.871. The first-order chi connectivity index (χ1) is 9.69. The standard InChI is InChI=1S/C18H22O2/c1-3-5-13-6-4-7-14(11-13)18(19)17-9-8-16(20-17)15-10-12(15)2/h4,6-9,11-12,15,18-19H,3,5,10H2,1-2H3. The number of hydrogen-bond donors (Lipinski definition) is 1. The van der Waals surface area contributed by atoms with Gasteiger partial charge in [-0.2, -0.15) is 0 Å². The molecule has 106 valence electrons. The molecule has 1 N–H and O–H groups in total. The third-order valence-electron chi connectivity index (χ3n) is 4.20. The van der Waals surface area contributed by atoms with Gasteiger partial charge in [-0.1, -0.05) is 44.5 Å². The molecule has 1 fully saturated rings. The van der Waals surface area contributed by atoms with E-state index in [0.717, 1.165) is 30.1 Å². The highest BCUT2D eigenvalue weighted by molar-refractivity contribution is 5.30. The van der Waals surface area contributed by atoms with E-state index in [0.29, 0.717) is 11.7 Å². The van der Waals surface area contributed by atoms with Gasteiger partial charge in [-0.05, 0) is 42.0 Å². The molecule has 1 aliphatic rings. The van der Waals surface area contributed by atoms with Crippen LogP contribution in [0.3, 0.4) is 0 Å². The Hall–Kier alpha value is -1.54. The second-order valence-corrected chi connectivity index (χ2v) is 5.96. The maximum absolute atomic E-state index is 10.5. The molecular formula is C18H22O2. The minimum Gasteiger partial charge on any atom is -0.463 e. The molecule has 0 radical (unpaired) electrons. The topological polar surface area (TPSA) is 33.4 Å². The lowest BCUT2D eigenvalue weighted by molar-refractivity contribution is 0.186. The highest BCUT2D eigenvalue weighted by Gasteiger charge is 2.37. The molecule has 1 saturated carbocycles. The lowest BCUT2D eigenvalue weighted by Crippen LogP contribution is -1.99. The first kappa shape index (κ1) is 13.4. The molecule has 0 bridgehead atoms. The Balaban J connectivity index is 1.79. The van der Waals surface area contributed by atoms with E-state index in [1.807, 2.05) is 24.3 Å². The van der Waals surface area contributed by atoms with Crippen molar-refractivity contribution in [2.24, 2.45) is 5.92 Å². The van der Waals surface area contributed by atoms with Gasteiger partial charge < -0.3 is 9.52 Å². The van der Waals surface area contributed by atoms with Gasteiger partial charge in [0.2, 0.25) is 0 Å². The van der Waals surface area contributed by atoms with Crippen LogP contribution in [0.4, 0.5) is 0 Å². The van der Waals surface area contributed by atoms with E-state index in [4.69, 9.17) is 4.42 Å². The third-order valence-corrected chi connectivity index (χ3v) is 4.20. The van der Waals surface area contributed by atoms with Gasteiger partial charge in [0, 0.05) is 5.92 Å². The highest BCUT2D eigenvalue weighted by atomic mass is 16.4. The van der Waals surface area contributed by atoms with Crippen molar-refractivity contribution in [3.05, 3.63) is 59.0 Å². The molecule has 1 heterocycles. The normalized spacial score (nSPS) is 22.8.